The minimum Gasteiger partial charge on any atom is -0.489 e. The summed E-state index contributed by atoms with van der Waals surface area (Å²) < 4.78 is 18.9. The Morgan fingerprint density at radius 1 is 1.16 bits per heavy atom. The van der Waals surface area contributed by atoms with Crippen LogP contribution < -0.4 is 4.74 Å². The highest BCUT2D eigenvalue weighted by atomic mass is 35.5. The Morgan fingerprint density at radius 2 is 2.05 bits per heavy atom. The topological polar surface area (TPSA) is 25.0 Å². The number of hydrogen-bond donors (Lipinski definition) is 1. The lowest BCUT2D eigenvalue weighted by atomic mass is 10.2. The second-order valence-corrected chi connectivity index (χ2v) is 4.69. The first-order valence-corrected chi connectivity index (χ1v) is 6.24. The zero-order valence-electron chi connectivity index (χ0n) is 9.99. The van der Waals surface area contributed by atoms with Crippen molar-refractivity contribution in [1.82, 2.24) is 4.98 Å². The van der Waals surface area contributed by atoms with Crippen LogP contribution in [0.3, 0.4) is 0 Å². The van der Waals surface area contributed by atoms with Crippen LogP contribution in [0.2, 0.25) is 5.02 Å². The average molecular weight is 276 g/mol. The van der Waals surface area contributed by atoms with Gasteiger partial charge in [0.25, 0.3) is 0 Å². The van der Waals surface area contributed by atoms with Gasteiger partial charge < -0.3 is 9.72 Å². The van der Waals surface area contributed by atoms with Crippen LogP contribution in [0, 0.1) is 5.82 Å². The highest BCUT2D eigenvalue weighted by Crippen LogP contribution is 2.22. The summed E-state index contributed by atoms with van der Waals surface area (Å²) in [6, 6.07) is 11.8. The Morgan fingerprint density at radius 3 is 2.89 bits per heavy atom. The van der Waals surface area contributed by atoms with E-state index in [0.29, 0.717) is 17.4 Å². The molecule has 3 rings (SSSR count). The molecule has 0 aliphatic carbocycles. The van der Waals surface area contributed by atoms with Crippen molar-refractivity contribution in [3.63, 3.8) is 0 Å². The Kier molecular flexibility index (Phi) is 3.13. The number of H-pyrrole nitrogens is 1. The smallest absolute Gasteiger partial charge is 0.123 e. The molecule has 0 aliphatic heterocycles. The van der Waals surface area contributed by atoms with E-state index in [1.165, 1.54) is 12.1 Å². The van der Waals surface area contributed by atoms with Crippen LogP contribution >= 0.6 is 11.6 Å². The molecule has 0 saturated heterocycles. The maximum absolute atomic E-state index is 13.2. The second kappa shape index (κ2) is 4.94. The molecule has 4 heteroatoms. The molecular weight excluding hydrogens is 265 g/mol. The number of benzene rings is 2. The van der Waals surface area contributed by atoms with Crippen LogP contribution in [-0.4, -0.2) is 4.98 Å². The van der Waals surface area contributed by atoms with E-state index in [1.807, 2.05) is 18.3 Å². The standard InChI is InChI=1S/C15H11ClFNO/c16-11-2-1-3-13(6-11)19-9-10-8-18-15-5-4-12(17)7-14(10)15/h1-8,18H,9H2. The molecular formula is C15H11ClFNO. The van der Waals surface area contributed by atoms with Crippen molar-refractivity contribution in [2.45, 2.75) is 6.61 Å². The van der Waals surface area contributed by atoms with E-state index in [4.69, 9.17) is 16.3 Å². The molecule has 3 aromatic rings. The third-order valence-electron chi connectivity index (χ3n) is 2.92. The number of fused-ring (bicyclic) bond motifs is 1. The summed E-state index contributed by atoms with van der Waals surface area (Å²) in [5.74, 6) is 0.439. The molecule has 0 aliphatic rings. The van der Waals surface area contributed by atoms with Gasteiger partial charge in [0.1, 0.15) is 18.2 Å². The Labute approximate surface area is 114 Å². The maximum Gasteiger partial charge on any atom is 0.123 e. The molecule has 0 bridgehead atoms. The molecule has 0 atom stereocenters. The van der Waals surface area contributed by atoms with Gasteiger partial charge in [-0.3, -0.25) is 0 Å². The van der Waals surface area contributed by atoms with Crippen molar-refractivity contribution in [2.75, 3.05) is 0 Å². The predicted octanol–water partition coefficient (Wildman–Crippen LogP) is 4.54. The third-order valence-corrected chi connectivity index (χ3v) is 3.15. The summed E-state index contributed by atoms with van der Waals surface area (Å²) in [4.78, 5) is 3.09. The van der Waals surface area contributed by atoms with Gasteiger partial charge in [-0.15, -0.1) is 0 Å². The number of halogens is 2. The summed E-state index contributed by atoms with van der Waals surface area (Å²) in [6.45, 7) is 0.365. The lowest BCUT2D eigenvalue weighted by Crippen LogP contribution is -1.94. The minimum atomic E-state index is -0.254. The van der Waals surface area contributed by atoms with Crippen LogP contribution in [0.25, 0.3) is 10.9 Å². The number of nitrogens with one attached hydrogen (secondary N) is 1. The first-order valence-electron chi connectivity index (χ1n) is 5.86. The summed E-state index contributed by atoms with van der Waals surface area (Å²) in [5.41, 5.74) is 1.81. The highest BCUT2D eigenvalue weighted by Gasteiger charge is 2.05. The Bertz CT molecular complexity index is 723. The first kappa shape index (κ1) is 12.1. The largest absolute Gasteiger partial charge is 0.489 e. The number of hydrogen-bond acceptors (Lipinski definition) is 1. The average Bonchev–Trinajstić information content (AvgIpc) is 2.79. The number of rotatable bonds is 3. The van der Waals surface area contributed by atoms with Crippen molar-refractivity contribution >= 4 is 22.5 Å². The molecule has 2 nitrogen and oxygen atoms in total. The van der Waals surface area contributed by atoms with Gasteiger partial charge in [-0.2, -0.15) is 0 Å². The molecule has 19 heavy (non-hydrogen) atoms. The molecule has 1 aromatic heterocycles. The number of aromatic nitrogens is 1. The monoisotopic (exact) mass is 275 g/mol. The summed E-state index contributed by atoms with van der Waals surface area (Å²) in [7, 11) is 0. The predicted molar refractivity (Wildman–Crippen MR) is 74.0 cm³/mol. The van der Waals surface area contributed by atoms with E-state index >= 15 is 0 Å². The zero-order valence-corrected chi connectivity index (χ0v) is 10.7. The minimum absolute atomic E-state index is 0.254. The van der Waals surface area contributed by atoms with Crippen molar-refractivity contribution in [3.05, 3.63) is 65.1 Å². The van der Waals surface area contributed by atoms with E-state index < -0.39 is 0 Å². The third kappa shape index (κ3) is 2.56. The number of ether oxygens (including phenoxy) is 1. The van der Waals surface area contributed by atoms with Gasteiger partial charge in [-0.25, -0.2) is 4.39 Å². The fourth-order valence-electron chi connectivity index (χ4n) is 1.99. The molecule has 0 fully saturated rings. The van der Waals surface area contributed by atoms with Gasteiger partial charge in [0, 0.05) is 27.7 Å². The van der Waals surface area contributed by atoms with E-state index in [9.17, 15) is 4.39 Å². The molecule has 0 spiro atoms. The molecule has 0 unspecified atom stereocenters. The highest BCUT2D eigenvalue weighted by molar-refractivity contribution is 6.30. The second-order valence-electron chi connectivity index (χ2n) is 4.25. The van der Waals surface area contributed by atoms with Crippen molar-refractivity contribution < 1.29 is 9.13 Å². The van der Waals surface area contributed by atoms with Crippen LogP contribution in [0.4, 0.5) is 4.39 Å². The van der Waals surface area contributed by atoms with Crippen molar-refractivity contribution in [2.24, 2.45) is 0 Å². The van der Waals surface area contributed by atoms with Gasteiger partial charge in [-0.1, -0.05) is 17.7 Å². The molecule has 0 saturated carbocycles. The summed E-state index contributed by atoms with van der Waals surface area (Å²) >= 11 is 5.89. The summed E-state index contributed by atoms with van der Waals surface area (Å²) in [5, 5.41) is 1.46. The SMILES string of the molecule is Fc1ccc2[nH]cc(COc3cccc(Cl)c3)c2c1. The molecule has 1 N–H and O–H groups in total. The van der Waals surface area contributed by atoms with Crippen LogP contribution in [0.15, 0.2) is 48.7 Å². The Hall–Kier alpha value is -2.00. The first-order chi connectivity index (χ1) is 9.22. The molecule has 2 aromatic carbocycles. The molecule has 0 amide bonds. The molecule has 96 valence electrons. The maximum atomic E-state index is 13.2. The fraction of sp³-hybridized carbons (Fsp3) is 0.0667. The fourth-order valence-corrected chi connectivity index (χ4v) is 2.17. The van der Waals surface area contributed by atoms with E-state index in [2.05, 4.69) is 4.98 Å². The summed E-state index contributed by atoms with van der Waals surface area (Å²) in [6.07, 6.45) is 1.83. The van der Waals surface area contributed by atoms with Crippen molar-refractivity contribution in [1.29, 1.82) is 0 Å². The van der Waals surface area contributed by atoms with Crippen LogP contribution in [0.1, 0.15) is 5.56 Å². The van der Waals surface area contributed by atoms with E-state index in [-0.39, 0.29) is 5.82 Å². The van der Waals surface area contributed by atoms with Gasteiger partial charge in [0.05, 0.1) is 0 Å². The molecule has 1 heterocycles. The van der Waals surface area contributed by atoms with Gasteiger partial charge in [0.2, 0.25) is 0 Å². The van der Waals surface area contributed by atoms with Crippen molar-refractivity contribution in [3.8, 4) is 5.75 Å². The Balaban J connectivity index is 1.84. The van der Waals surface area contributed by atoms with E-state index in [1.54, 1.807) is 18.2 Å². The normalized spacial score (nSPS) is 10.8. The quantitative estimate of drug-likeness (QED) is 0.746. The molecule has 0 radical (unpaired) electrons. The van der Waals surface area contributed by atoms with Gasteiger partial charge in [-0.05, 0) is 36.4 Å². The lowest BCUT2D eigenvalue weighted by Gasteiger charge is -2.05. The lowest BCUT2D eigenvalue weighted by molar-refractivity contribution is 0.307. The van der Waals surface area contributed by atoms with Crippen LogP contribution in [0.5, 0.6) is 5.75 Å². The zero-order chi connectivity index (χ0) is 13.2. The number of aromatic amines is 1. The van der Waals surface area contributed by atoms with Gasteiger partial charge >= 0.3 is 0 Å². The van der Waals surface area contributed by atoms with E-state index in [0.717, 1.165) is 16.5 Å². The van der Waals surface area contributed by atoms with Gasteiger partial charge in [0.15, 0.2) is 0 Å². The van der Waals surface area contributed by atoms with Crippen LogP contribution in [-0.2, 0) is 6.61 Å².